The van der Waals surface area contributed by atoms with E-state index in [0.717, 1.165) is 44.0 Å². The summed E-state index contributed by atoms with van der Waals surface area (Å²) >= 11 is 0. The van der Waals surface area contributed by atoms with Crippen LogP contribution in [0.1, 0.15) is 34.1 Å². The predicted octanol–water partition coefficient (Wildman–Crippen LogP) is 1.95. The molecule has 1 fully saturated rings. The van der Waals surface area contributed by atoms with Crippen LogP contribution in [0.15, 0.2) is 4.99 Å². The summed E-state index contributed by atoms with van der Waals surface area (Å²) in [5, 5.41) is 3.37. The van der Waals surface area contributed by atoms with E-state index in [1.165, 1.54) is 6.42 Å². The van der Waals surface area contributed by atoms with Crippen molar-refractivity contribution in [1.29, 1.82) is 0 Å². The number of hydrogen-bond acceptors (Lipinski definition) is 1. The molecule has 0 aliphatic carbocycles. The number of guanidine groups is 1. The van der Waals surface area contributed by atoms with Crippen molar-refractivity contribution >= 4 is 5.96 Å². The molecule has 2 atom stereocenters. The third-order valence-corrected chi connectivity index (χ3v) is 2.81. The molecule has 1 heterocycles. The highest BCUT2D eigenvalue weighted by atomic mass is 15.3. The van der Waals surface area contributed by atoms with E-state index >= 15 is 0 Å². The average Bonchev–Trinajstić information content (AvgIpc) is 2.16. The molecule has 0 saturated carbocycles. The van der Waals surface area contributed by atoms with Crippen molar-refractivity contribution in [3.8, 4) is 0 Å². The fourth-order valence-corrected chi connectivity index (χ4v) is 2.41. The van der Waals surface area contributed by atoms with Gasteiger partial charge in [-0.25, -0.2) is 0 Å². The number of rotatable bonds is 2. The molecule has 15 heavy (non-hydrogen) atoms. The van der Waals surface area contributed by atoms with Gasteiger partial charge in [0.1, 0.15) is 0 Å². The zero-order chi connectivity index (χ0) is 11.3. The minimum absolute atomic E-state index is 0.787. The summed E-state index contributed by atoms with van der Waals surface area (Å²) < 4.78 is 0. The normalized spacial score (nSPS) is 28.0. The summed E-state index contributed by atoms with van der Waals surface area (Å²) in [5.41, 5.74) is 0. The van der Waals surface area contributed by atoms with E-state index in [2.05, 4.69) is 42.9 Å². The maximum Gasteiger partial charge on any atom is 0.193 e. The van der Waals surface area contributed by atoms with Gasteiger partial charge in [0.2, 0.25) is 0 Å². The first-order valence-corrected chi connectivity index (χ1v) is 6.20. The number of nitrogens with zero attached hydrogens (tertiary/aromatic N) is 2. The number of likely N-dealkylation sites (tertiary alicyclic amines) is 1. The molecule has 0 radical (unpaired) electrons. The Morgan fingerprint density at radius 2 is 1.87 bits per heavy atom. The number of nitrogens with one attached hydrogen (secondary N) is 1. The largest absolute Gasteiger partial charge is 0.357 e. The molecule has 1 rings (SSSR count). The number of piperidine rings is 1. The first-order valence-electron chi connectivity index (χ1n) is 6.20. The quantitative estimate of drug-likeness (QED) is 0.558. The van der Waals surface area contributed by atoms with E-state index in [4.69, 9.17) is 0 Å². The second kappa shape index (κ2) is 5.99. The van der Waals surface area contributed by atoms with Crippen LogP contribution in [0.25, 0.3) is 0 Å². The van der Waals surface area contributed by atoms with Gasteiger partial charge in [0.05, 0.1) is 0 Å². The summed E-state index contributed by atoms with van der Waals surface area (Å²) in [4.78, 5) is 6.95. The Morgan fingerprint density at radius 1 is 1.27 bits per heavy atom. The number of aliphatic imine (C=N–C) groups is 1. The summed E-state index contributed by atoms with van der Waals surface area (Å²) in [6, 6.07) is 0. The summed E-state index contributed by atoms with van der Waals surface area (Å²) in [7, 11) is 0. The number of hydrogen-bond donors (Lipinski definition) is 1. The fraction of sp³-hybridized carbons (Fsp3) is 0.917. The van der Waals surface area contributed by atoms with Crippen molar-refractivity contribution in [1.82, 2.24) is 10.2 Å². The van der Waals surface area contributed by atoms with Crippen molar-refractivity contribution in [2.75, 3.05) is 26.2 Å². The smallest absolute Gasteiger partial charge is 0.193 e. The van der Waals surface area contributed by atoms with Crippen molar-refractivity contribution in [2.24, 2.45) is 16.8 Å². The molecule has 0 aromatic carbocycles. The van der Waals surface area contributed by atoms with Gasteiger partial charge >= 0.3 is 0 Å². The molecule has 3 heteroatoms. The van der Waals surface area contributed by atoms with Gasteiger partial charge in [0, 0.05) is 26.2 Å². The molecule has 2 unspecified atom stereocenters. The van der Waals surface area contributed by atoms with Crippen LogP contribution in [0, 0.1) is 11.8 Å². The Labute approximate surface area is 94.0 Å². The Bertz CT molecular complexity index is 203. The first-order chi connectivity index (χ1) is 7.17. The molecular weight excluding hydrogens is 186 g/mol. The van der Waals surface area contributed by atoms with Crippen LogP contribution >= 0.6 is 0 Å². The van der Waals surface area contributed by atoms with Crippen LogP contribution in [0.4, 0.5) is 0 Å². The van der Waals surface area contributed by atoms with Crippen LogP contribution in [-0.4, -0.2) is 37.0 Å². The van der Waals surface area contributed by atoms with E-state index in [1.54, 1.807) is 0 Å². The summed E-state index contributed by atoms with van der Waals surface area (Å²) in [6.45, 7) is 13.0. The zero-order valence-corrected chi connectivity index (χ0v) is 10.6. The molecule has 0 amide bonds. The van der Waals surface area contributed by atoms with Crippen LogP contribution in [-0.2, 0) is 0 Å². The molecule has 0 aromatic heterocycles. The average molecular weight is 211 g/mol. The van der Waals surface area contributed by atoms with E-state index < -0.39 is 0 Å². The van der Waals surface area contributed by atoms with E-state index in [9.17, 15) is 0 Å². The van der Waals surface area contributed by atoms with Gasteiger partial charge in [-0.15, -0.1) is 0 Å². The Hall–Kier alpha value is -0.730. The predicted molar refractivity (Wildman–Crippen MR) is 66.2 cm³/mol. The molecule has 3 nitrogen and oxygen atoms in total. The molecule has 1 saturated heterocycles. The van der Waals surface area contributed by atoms with Crippen molar-refractivity contribution in [3.63, 3.8) is 0 Å². The van der Waals surface area contributed by atoms with E-state index in [1.807, 2.05) is 0 Å². The van der Waals surface area contributed by atoms with E-state index in [0.29, 0.717) is 0 Å². The lowest BCUT2D eigenvalue weighted by atomic mass is 9.92. The summed E-state index contributed by atoms with van der Waals surface area (Å²) in [5.74, 6) is 2.67. The third kappa shape index (κ3) is 3.73. The molecular formula is C12H25N3. The highest BCUT2D eigenvalue weighted by Crippen LogP contribution is 2.20. The maximum atomic E-state index is 4.54. The highest BCUT2D eigenvalue weighted by Gasteiger charge is 2.23. The van der Waals surface area contributed by atoms with E-state index in [-0.39, 0.29) is 0 Å². The van der Waals surface area contributed by atoms with Crippen molar-refractivity contribution in [2.45, 2.75) is 34.1 Å². The second-order valence-corrected chi connectivity index (χ2v) is 4.68. The Balaban J connectivity index is 2.62. The topological polar surface area (TPSA) is 27.6 Å². The third-order valence-electron chi connectivity index (χ3n) is 2.81. The minimum atomic E-state index is 0.787. The van der Waals surface area contributed by atoms with Gasteiger partial charge in [-0.3, -0.25) is 4.99 Å². The minimum Gasteiger partial charge on any atom is -0.357 e. The molecule has 1 aliphatic rings. The zero-order valence-electron chi connectivity index (χ0n) is 10.6. The van der Waals surface area contributed by atoms with Crippen LogP contribution in [0.3, 0.4) is 0 Å². The summed E-state index contributed by atoms with van der Waals surface area (Å²) in [6.07, 6.45) is 1.35. The standard InChI is InChI=1S/C12H25N3/c1-5-13-12(14-6-2)15-8-10(3)7-11(4)9-15/h10-11H,5-9H2,1-4H3,(H,13,14). The van der Waals surface area contributed by atoms with Gasteiger partial charge < -0.3 is 10.2 Å². The molecule has 88 valence electrons. The van der Waals surface area contributed by atoms with Gasteiger partial charge in [-0.1, -0.05) is 13.8 Å². The first kappa shape index (κ1) is 12.3. The molecule has 1 N–H and O–H groups in total. The van der Waals surface area contributed by atoms with Gasteiger partial charge in [-0.05, 0) is 32.1 Å². The maximum absolute atomic E-state index is 4.54. The highest BCUT2D eigenvalue weighted by molar-refractivity contribution is 5.80. The van der Waals surface area contributed by atoms with Gasteiger partial charge in [0.15, 0.2) is 5.96 Å². The molecule has 0 bridgehead atoms. The lowest BCUT2D eigenvalue weighted by Gasteiger charge is -2.37. The Kier molecular flexibility index (Phi) is 4.92. The monoisotopic (exact) mass is 211 g/mol. The Morgan fingerprint density at radius 3 is 2.33 bits per heavy atom. The SMILES string of the molecule is CCN=C(NCC)N1CC(C)CC(C)C1. The van der Waals surface area contributed by atoms with Crippen LogP contribution in [0.2, 0.25) is 0 Å². The molecule has 1 aliphatic heterocycles. The fourth-order valence-electron chi connectivity index (χ4n) is 2.41. The van der Waals surface area contributed by atoms with Crippen molar-refractivity contribution < 1.29 is 0 Å². The molecule has 0 spiro atoms. The second-order valence-electron chi connectivity index (χ2n) is 4.68. The van der Waals surface area contributed by atoms with Gasteiger partial charge in [-0.2, -0.15) is 0 Å². The lowest BCUT2D eigenvalue weighted by molar-refractivity contribution is 0.208. The lowest BCUT2D eigenvalue weighted by Crippen LogP contribution is -2.48. The van der Waals surface area contributed by atoms with Gasteiger partial charge in [0.25, 0.3) is 0 Å². The van der Waals surface area contributed by atoms with Crippen molar-refractivity contribution in [3.05, 3.63) is 0 Å². The van der Waals surface area contributed by atoms with Crippen LogP contribution in [0.5, 0.6) is 0 Å². The van der Waals surface area contributed by atoms with Crippen LogP contribution < -0.4 is 5.32 Å². The molecule has 0 aromatic rings.